The average Bonchev–Trinajstić information content (AvgIpc) is 1.85. The third-order valence-corrected chi connectivity index (χ3v) is 2.00. The Kier molecular flexibility index (Phi) is 22.8. The Bertz CT molecular complexity index is 194. The molecule has 0 aliphatic carbocycles. The van der Waals surface area contributed by atoms with Gasteiger partial charge in [0, 0.05) is 11.8 Å². The van der Waals surface area contributed by atoms with E-state index in [4.69, 9.17) is 15.8 Å². The standard InChI is InChI=1S/C4H4N2O2S2.2K.2H/c5-2-10-4(6)9-1-3(7)8;;;;/h6H,1H2,(H,7,8);;;;. The molecule has 12 heavy (non-hydrogen) atoms. The fourth-order valence-electron chi connectivity index (χ4n) is 0.198. The zero-order valence-electron chi connectivity index (χ0n) is 4.83. The van der Waals surface area contributed by atoms with Gasteiger partial charge in [0.15, 0.2) is 0 Å². The van der Waals surface area contributed by atoms with Crippen molar-refractivity contribution in [2.24, 2.45) is 0 Å². The van der Waals surface area contributed by atoms with E-state index in [0.717, 1.165) is 11.8 Å². The molecule has 58 valence electrons. The molecule has 0 fully saturated rings. The van der Waals surface area contributed by atoms with Gasteiger partial charge in [0.05, 0.1) is 5.75 Å². The van der Waals surface area contributed by atoms with E-state index < -0.39 is 5.97 Å². The molecule has 0 radical (unpaired) electrons. The first-order chi connectivity index (χ1) is 4.66. The fourth-order valence-corrected chi connectivity index (χ4v) is 1.06. The number of nitrogens with zero attached hydrogens (tertiary/aromatic N) is 1. The quantitative estimate of drug-likeness (QED) is 0.305. The van der Waals surface area contributed by atoms with E-state index in [2.05, 4.69) is 0 Å². The van der Waals surface area contributed by atoms with Crippen LogP contribution >= 0.6 is 23.5 Å². The Labute approximate surface area is 164 Å². The maximum atomic E-state index is 9.90. The molecule has 0 bridgehead atoms. The summed E-state index contributed by atoms with van der Waals surface area (Å²) in [7, 11) is 0. The van der Waals surface area contributed by atoms with E-state index in [1.54, 1.807) is 5.40 Å². The molecule has 0 heterocycles. The predicted octanol–water partition coefficient (Wildman–Crippen LogP) is -0.344. The SMILES string of the molecule is N#CSC(=N)SCC(=O)O.[KH].[KH]. The minimum absolute atomic E-state index is 0. The molecule has 0 aromatic rings. The third kappa shape index (κ3) is 15.1. The Morgan fingerprint density at radius 2 is 2.08 bits per heavy atom. The summed E-state index contributed by atoms with van der Waals surface area (Å²) >= 11 is 1.50. The van der Waals surface area contributed by atoms with Crippen LogP contribution in [0.3, 0.4) is 0 Å². The number of hydrogen-bond donors (Lipinski definition) is 2. The number of carboxylic acid groups (broad SMARTS) is 1. The van der Waals surface area contributed by atoms with Gasteiger partial charge < -0.3 is 5.11 Å². The van der Waals surface area contributed by atoms with Gasteiger partial charge in [-0.3, -0.25) is 10.2 Å². The summed E-state index contributed by atoms with van der Waals surface area (Å²) < 4.78 is 0.0184. The summed E-state index contributed by atoms with van der Waals surface area (Å²) in [6, 6.07) is 0. The summed E-state index contributed by atoms with van der Waals surface area (Å²) in [6.45, 7) is 0. The molecule has 8 heteroatoms. The number of nitrogens with one attached hydrogen (secondary N) is 1. The van der Waals surface area contributed by atoms with Crippen LogP contribution in [0.15, 0.2) is 0 Å². The zero-order chi connectivity index (χ0) is 7.98. The predicted molar refractivity (Wildman–Crippen MR) is 55.3 cm³/mol. The molecule has 0 aromatic carbocycles. The first-order valence-corrected chi connectivity index (χ1v) is 3.96. The first-order valence-electron chi connectivity index (χ1n) is 2.16. The van der Waals surface area contributed by atoms with Crippen molar-refractivity contribution >= 4 is 137 Å². The van der Waals surface area contributed by atoms with Crippen LogP contribution in [0.5, 0.6) is 0 Å². The van der Waals surface area contributed by atoms with Gasteiger partial charge in [-0.25, -0.2) is 0 Å². The van der Waals surface area contributed by atoms with Crippen molar-refractivity contribution in [1.29, 1.82) is 10.7 Å². The van der Waals surface area contributed by atoms with Crippen molar-refractivity contribution in [2.75, 3.05) is 5.75 Å². The first kappa shape index (κ1) is 20.1. The molecule has 0 unspecified atom stereocenters. The van der Waals surface area contributed by atoms with Gasteiger partial charge in [0.2, 0.25) is 0 Å². The van der Waals surface area contributed by atoms with Crippen molar-refractivity contribution in [2.45, 2.75) is 0 Å². The van der Waals surface area contributed by atoms with Crippen molar-refractivity contribution in [3.63, 3.8) is 0 Å². The monoisotopic (exact) mass is 256 g/mol. The van der Waals surface area contributed by atoms with Crippen LogP contribution in [0.4, 0.5) is 0 Å². The summed E-state index contributed by atoms with van der Waals surface area (Å²) in [5.74, 6) is -1.14. The molecule has 0 aromatic heterocycles. The minimum atomic E-state index is -0.978. The van der Waals surface area contributed by atoms with Gasteiger partial charge in [0.1, 0.15) is 9.78 Å². The topological polar surface area (TPSA) is 84.9 Å². The van der Waals surface area contributed by atoms with Crippen LogP contribution in [0.2, 0.25) is 0 Å². The molecule has 0 rings (SSSR count). The van der Waals surface area contributed by atoms with Gasteiger partial charge >= 0.3 is 109 Å². The van der Waals surface area contributed by atoms with E-state index in [1.807, 2.05) is 0 Å². The number of hydrogen-bond acceptors (Lipinski definition) is 5. The van der Waals surface area contributed by atoms with Crippen LogP contribution in [0.25, 0.3) is 0 Å². The van der Waals surface area contributed by atoms with Gasteiger partial charge in [-0.15, -0.1) is 0 Å². The van der Waals surface area contributed by atoms with E-state index in [0.29, 0.717) is 11.8 Å². The molecule has 0 aliphatic rings. The maximum absolute atomic E-state index is 9.90. The molecule has 0 atom stereocenters. The summed E-state index contributed by atoms with van der Waals surface area (Å²) in [5, 5.41) is 24.7. The fraction of sp³-hybridized carbons (Fsp3) is 0.250. The van der Waals surface area contributed by atoms with Crippen LogP contribution < -0.4 is 0 Å². The van der Waals surface area contributed by atoms with Gasteiger partial charge in [-0.1, -0.05) is 11.8 Å². The number of carbonyl (C=O) groups is 1. The van der Waals surface area contributed by atoms with Crippen molar-refractivity contribution in [1.82, 2.24) is 0 Å². The summed E-state index contributed by atoms with van der Waals surface area (Å²) in [6.07, 6.45) is 0. The van der Waals surface area contributed by atoms with E-state index in [9.17, 15) is 4.79 Å². The number of carboxylic acids is 1. The second-order valence-corrected chi connectivity index (χ2v) is 3.20. The molecule has 4 nitrogen and oxygen atoms in total. The van der Waals surface area contributed by atoms with Gasteiger partial charge in [0.25, 0.3) is 0 Å². The average molecular weight is 256 g/mol. The molecular weight excluding hydrogens is 250 g/mol. The zero-order valence-corrected chi connectivity index (χ0v) is 6.46. The number of aliphatic carboxylic acids is 1. The molecule has 2 N–H and O–H groups in total. The van der Waals surface area contributed by atoms with Crippen molar-refractivity contribution in [3.8, 4) is 5.40 Å². The molecule has 0 saturated carbocycles. The van der Waals surface area contributed by atoms with E-state index >= 15 is 0 Å². The number of nitriles is 1. The summed E-state index contributed by atoms with van der Waals surface area (Å²) in [4.78, 5) is 9.90. The summed E-state index contributed by atoms with van der Waals surface area (Å²) in [5.41, 5.74) is 0. The molecule has 0 aliphatic heterocycles. The molecular formula is C4H6K2N2O2S2. The van der Waals surface area contributed by atoms with Crippen LogP contribution in [-0.4, -0.2) is 124 Å². The Balaban J connectivity index is -0.000000405. The van der Waals surface area contributed by atoms with Crippen molar-refractivity contribution < 1.29 is 9.90 Å². The Hall–Kier alpha value is 2.60. The number of thiocyanates is 1. The van der Waals surface area contributed by atoms with Crippen LogP contribution in [-0.2, 0) is 4.79 Å². The van der Waals surface area contributed by atoms with Crippen LogP contribution in [0.1, 0.15) is 0 Å². The molecule has 0 saturated heterocycles. The van der Waals surface area contributed by atoms with Gasteiger partial charge in [-0.2, -0.15) is 5.26 Å². The van der Waals surface area contributed by atoms with Crippen molar-refractivity contribution in [3.05, 3.63) is 0 Å². The second kappa shape index (κ2) is 13.6. The number of thioether (sulfide) groups is 2. The number of rotatable bonds is 2. The normalized spacial score (nSPS) is 6.92. The Morgan fingerprint density at radius 1 is 1.58 bits per heavy atom. The second-order valence-electron chi connectivity index (χ2n) is 1.16. The molecule has 0 spiro atoms. The third-order valence-electron chi connectivity index (χ3n) is 0.465. The van der Waals surface area contributed by atoms with Crippen LogP contribution in [0, 0.1) is 16.1 Å². The Morgan fingerprint density at radius 3 is 2.42 bits per heavy atom. The van der Waals surface area contributed by atoms with Gasteiger partial charge in [-0.05, 0) is 0 Å². The van der Waals surface area contributed by atoms with E-state index in [1.165, 1.54) is 0 Å². The molecule has 0 amide bonds. The van der Waals surface area contributed by atoms with E-state index in [-0.39, 0.29) is 113 Å².